The van der Waals surface area contributed by atoms with Crippen molar-refractivity contribution < 1.29 is 23.7 Å². The molecule has 1 amide bonds. The summed E-state index contributed by atoms with van der Waals surface area (Å²) in [5.74, 6) is 2.30. The van der Waals surface area contributed by atoms with Gasteiger partial charge in [-0.1, -0.05) is 66.2 Å². The maximum absolute atomic E-state index is 13.6. The Bertz CT molecular complexity index is 1200. The van der Waals surface area contributed by atoms with Crippen LogP contribution in [0, 0.1) is 0 Å². The lowest BCUT2D eigenvalue weighted by molar-refractivity contribution is 0.137. The third-order valence-corrected chi connectivity index (χ3v) is 6.59. The molecule has 1 aliphatic heterocycles. The van der Waals surface area contributed by atoms with E-state index in [1.54, 1.807) is 25.2 Å². The number of fused-ring (bicyclic) bond motifs is 1. The van der Waals surface area contributed by atoms with E-state index in [0.29, 0.717) is 42.7 Å². The number of halogens is 1. The number of carbonyl (C=O) groups excluding carboxylic acids is 1. The lowest BCUT2D eigenvalue weighted by atomic mass is 9.84. The highest BCUT2D eigenvalue weighted by Gasteiger charge is 2.30. The van der Waals surface area contributed by atoms with Crippen molar-refractivity contribution in [1.82, 2.24) is 4.90 Å². The molecule has 7 heteroatoms. The van der Waals surface area contributed by atoms with Crippen LogP contribution in [0.4, 0.5) is 4.79 Å². The van der Waals surface area contributed by atoms with Crippen molar-refractivity contribution in [3.05, 3.63) is 81.8 Å². The number of benzene rings is 3. The number of ether oxygens (including phenoxy) is 4. The summed E-state index contributed by atoms with van der Waals surface area (Å²) in [4.78, 5) is 15.3. The first-order valence-corrected chi connectivity index (χ1v) is 12.3. The molecule has 1 aliphatic rings. The molecule has 0 N–H and O–H groups in total. The van der Waals surface area contributed by atoms with Crippen LogP contribution in [0.2, 0.25) is 0 Å². The van der Waals surface area contributed by atoms with Crippen LogP contribution in [-0.2, 0) is 18.4 Å². The Labute approximate surface area is 214 Å². The fraction of sp³-hybridized carbons (Fsp3) is 0.321. The molecule has 35 heavy (non-hydrogen) atoms. The van der Waals surface area contributed by atoms with Gasteiger partial charge in [0.15, 0.2) is 23.0 Å². The first-order chi connectivity index (χ1) is 16.8. The number of rotatable bonds is 8. The molecule has 1 heterocycles. The Kier molecular flexibility index (Phi) is 7.55. The molecule has 6 nitrogen and oxygen atoms in total. The SMILES string of the molecule is COc1ccc(CN(CC(C)(C)c2ccccc2)C(=O)Oc2cc(Br)cc3c2OCC3)cc1OC. The molecule has 0 saturated carbocycles. The standard InChI is InChI=1S/C28H30BrNO5/c1-28(2,21-8-6-5-7-9-21)18-30(17-19-10-11-23(32-3)24(14-19)33-4)27(31)35-25-16-22(29)15-20-12-13-34-26(20)25/h5-11,14-16H,12-13,17-18H2,1-4H3. The van der Waals surface area contributed by atoms with Crippen LogP contribution in [0.3, 0.4) is 0 Å². The lowest BCUT2D eigenvalue weighted by Gasteiger charge is -2.33. The Morgan fingerprint density at radius 2 is 1.74 bits per heavy atom. The van der Waals surface area contributed by atoms with Crippen LogP contribution in [0.25, 0.3) is 0 Å². The Hall–Kier alpha value is -3.19. The molecule has 3 aromatic rings. The van der Waals surface area contributed by atoms with Crippen LogP contribution in [0.1, 0.15) is 30.5 Å². The molecule has 184 valence electrons. The quantitative estimate of drug-likeness (QED) is 0.332. The van der Waals surface area contributed by atoms with Gasteiger partial charge in [0.2, 0.25) is 0 Å². The van der Waals surface area contributed by atoms with Gasteiger partial charge in [0, 0.05) is 35.0 Å². The zero-order chi connectivity index (χ0) is 25.0. The maximum atomic E-state index is 13.6. The van der Waals surface area contributed by atoms with Gasteiger partial charge in [0.1, 0.15) is 0 Å². The lowest BCUT2D eigenvalue weighted by Crippen LogP contribution is -2.42. The second kappa shape index (κ2) is 10.6. The highest BCUT2D eigenvalue weighted by Crippen LogP contribution is 2.39. The van der Waals surface area contributed by atoms with Crippen LogP contribution < -0.4 is 18.9 Å². The highest BCUT2D eigenvalue weighted by molar-refractivity contribution is 9.10. The molecular weight excluding hydrogens is 510 g/mol. The first kappa shape index (κ1) is 24.9. The fourth-order valence-corrected chi connectivity index (χ4v) is 4.80. The third kappa shape index (κ3) is 5.73. The van der Waals surface area contributed by atoms with Gasteiger partial charge >= 0.3 is 6.09 Å². The second-order valence-corrected chi connectivity index (χ2v) is 10.1. The Balaban J connectivity index is 1.64. The van der Waals surface area contributed by atoms with Gasteiger partial charge in [-0.15, -0.1) is 0 Å². The van der Waals surface area contributed by atoms with E-state index in [4.69, 9.17) is 18.9 Å². The zero-order valence-electron chi connectivity index (χ0n) is 20.5. The third-order valence-electron chi connectivity index (χ3n) is 6.13. The van der Waals surface area contributed by atoms with Crippen molar-refractivity contribution in [1.29, 1.82) is 0 Å². The summed E-state index contributed by atoms with van der Waals surface area (Å²) in [6, 6.07) is 19.6. The predicted molar refractivity (Wildman–Crippen MR) is 139 cm³/mol. The van der Waals surface area contributed by atoms with Crippen molar-refractivity contribution in [2.75, 3.05) is 27.4 Å². The molecule has 0 fully saturated rings. The Morgan fingerprint density at radius 3 is 2.46 bits per heavy atom. The molecular formula is C28H30BrNO5. The van der Waals surface area contributed by atoms with Crippen molar-refractivity contribution in [2.45, 2.75) is 32.2 Å². The van der Waals surface area contributed by atoms with Gasteiger partial charge in [0.25, 0.3) is 0 Å². The molecule has 0 atom stereocenters. The van der Waals surface area contributed by atoms with E-state index in [-0.39, 0.29) is 5.41 Å². The molecule has 4 rings (SSSR count). The van der Waals surface area contributed by atoms with Crippen LogP contribution in [-0.4, -0.2) is 38.4 Å². The summed E-state index contributed by atoms with van der Waals surface area (Å²) in [6.45, 7) is 5.61. The first-order valence-electron chi connectivity index (χ1n) is 11.5. The Morgan fingerprint density at radius 1 is 1.00 bits per heavy atom. The normalized spacial score (nSPS) is 12.5. The van der Waals surface area contributed by atoms with E-state index < -0.39 is 6.09 Å². The van der Waals surface area contributed by atoms with Crippen molar-refractivity contribution in [3.63, 3.8) is 0 Å². The van der Waals surface area contributed by atoms with Crippen molar-refractivity contribution >= 4 is 22.0 Å². The number of amides is 1. The summed E-state index contributed by atoms with van der Waals surface area (Å²) in [7, 11) is 3.20. The molecule has 0 saturated heterocycles. The van der Waals surface area contributed by atoms with Gasteiger partial charge in [-0.05, 0) is 35.4 Å². The summed E-state index contributed by atoms with van der Waals surface area (Å²) in [6.07, 6.45) is 0.343. The number of hydrogen-bond donors (Lipinski definition) is 0. The fourth-order valence-electron chi connectivity index (χ4n) is 4.31. The highest BCUT2D eigenvalue weighted by atomic mass is 79.9. The minimum Gasteiger partial charge on any atom is -0.493 e. The number of nitrogens with zero attached hydrogens (tertiary/aromatic N) is 1. The maximum Gasteiger partial charge on any atom is 0.415 e. The molecule has 0 bridgehead atoms. The largest absolute Gasteiger partial charge is 0.493 e. The molecule has 0 aliphatic carbocycles. The van der Waals surface area contributed by atoms with Gasteiger partial charge in [-0.3, -0.25) is 0 Å². The van der Waals surface area contributed by atoms with E-state index in [1.165, 1.54) is 0 Å². The zero-order valence-corrected chi connectivity index (χ0v) is 22.1. The minimum absolute atomic E-state index is 0.313. The van der Waals surface area contributed by atoms with E-state index in [2.05, 4.69) is 41.9 Å². The van der Waals surface area contributed by atoms with E-state index in [1.807, 2.05) is 42.5 Å². The van der Waals surface area contributed by atoms with Crippen molar-refractivity contribution in [3.8, 4) is 23.0 Å². The predicted octanol–water partition coefficient (Wildman–Crippen LogP) is 6.38. The van der Waals surface area contributed by atoms with Gasteiger partial charge in [-0.25, -0.2) is 4.79 Å². The molecule has 3 aromatic carbocycles. The average molecular weight is 540 g/mol. The monoisotopic (exact) mass is 539 g/mol. The van der Waals surface area contributed by atoms with Gasteiger partial charge in [-0.2, -0.15) is 0 Å². The van der Waals surface area contributed by atoms with Gasteiger partial charge < -0.3 is 23.8 Å². The molecule has 0 spiro atoms. The molecule has 0 unspecified atom stereocenters. The number of hydrogen-bond acceptors (Lipinski definition) is 5. The number of carbonyl (C=O) groups is 1. The average Bonchev–Trinajstić information content (AvgIpc) is 3.32. The van der Waals surface area contributed by atoms with E-state index in [0.717, 1.165) is 27.6 Å². The number of methoxy groups -OCH3 is 2. The topological polar surface area (TPSA) is 57.2 Å². The van der Waals surface area contributed by atoms with E-state index in [9.17, 15) is 4.79 Å². The molecule has 0 aromatic heterocycles. The van der Waals surface area contributed by atoms with Crippen LogP contribution in [0.15, 0.2) is 65.1 Å². The minimum atomic E-state index is -0.445. The van der Waals surface area contributed by atoms with Crippen LogP contribution >= 0.6 is 15.9 Å². The van der Waals surface area contributed by atoms with Crippen molar-refractivity contribution in [2.24, 2.45) is 0 Å². The van der Waals surface area contributed by atoms with Crippen LogP contribution in [0.5, 0.6) is 23.0 Å². The van der Waals surface area contributed by atoms with Gasteiger partial charge in [0.05, 0.1) is 20.8 Å². The summed E-state index contributed by atoms with van der Waals surface area (Å²) >= 11 is 3.52. The summed E-state index contributed by atoms with van der Waals surface area (Å²) in [5, 5.41) is 0. The smallest absolute Gasteiger partial charge is 0.415 e. The summed E-state index contributed by atoms with van der Waals surface area (Å²) in [5.41, 5.74) is 2.75. The molecule has 0 radical (unpaired) electrons. The van der Waals surface area contributed by atoms with E-state index >= 15 is 0 Å². The summed E-state index contributed by atoms with van der Waals surface area (Å²) < 4.78 is 23.4. The second-order valence-electron chi connectivity index (χ2n) is 9.15.